The molecule has 0 saturated heterocycles. The third-order valence-electron chi connectivity index (χ3n) is 3.54. The van der Waals surface area contributed by atoms with E-state index in [1.165, 1.54) is 4.68 Å². The molecule has 0 aromatic carbocycles. The molecule has 5 heteroatoms. The van der Waals surface area contributed by atoms with Gasteiger partial charge in [0.1, 0.15) is 11.6 Å². The molecule has 19 heavy (non-hydrogen) atoms. The Bertz CT molecular complexity index is 557. The maximum Gasteiger partial charge on any atom is 0.286 e. The summed E-state index contributed by atoms with van der Waals surface area (Å²) in [5, 5.41) is 19.2. The first-order chi connectivity index (χ1) is 9.19. The molecule has 2 rings (SSSR count). The smallest absolute Gasteiger partial charge is 0.286 e. The number of hydrogen-bond acceptors (Lipinski definition) is 4. The second kappa shape index (κ2) is 5.89. The van der Waals surface area contributed by atoms with Crippen molar-refractivity contribution in [2.75, 3.05) is 12.0 Å². The summed E-state index contributed by atoms with van der Waals surface area (Å²) in [4.78, 5) is 12.2. The van der Waals surface area contributed by atoms with Crippen LogP contribution in [0.1, 0.15) is 55.4 Å². The summed E-state index contributed by atoms with van der Waals surface area (Å²) in [7, 11) is 0. The summed E-state index contributed by atoms with van der Waals surface area (Å²) in [6.45, 7) is 2.75. The Labute approximate surface area is 112 Å². The average Bonchev–Trinajstić information content (AvgIpc) is 2.41. The highest BCUT2D eigenvalue weighted by atomic mass is 16.3. The van der Waals surface area contributed by atoms with E-state index in [2.05, 4.69) is 12.3 Å². The normalized spacial score (nSPS) is 17.6. The van der Waals surface area contributed by atoms with Crippen molar-refractivity contribution < 1.29 is 5.11 Å². The number of nitrogens with zero attached hydrogens (tertiary/aromatic N) is 2. The standard InChI is InChI=1S/C14H19N3O2/c1-2-3-7-16-17-9-12-10(5-4-6-13(12)18)11(8-15)14(17)19/h9,13,16,18H,2-7H2,1H3. The Morgan fingerprint density at radius 1 is 1.63 bits per heavy atom. The van der Waals surface area contributed by atoms with E-state index in [9.17, 15) is 15.2 Å². The SMILES string of the molecule is CCCCNn1cc2c(c(C#N)c1=O)CCCC2O. The molecule has 0 aliphatic heterocycles. The summed E-state index contributed by atoms with van der Waals surface area (Å²) in [5.74, 6) is 0. The molecule has 0 spiro atoms. The molecule has 1 aliphatic rings. The number of nitriles is 1. The number of aromatic nitrogens is 1. The number of nitrogens with one attached hydrogen (secondary N) is 1. The van der Waals surface area contributed by atoms with Crippen LogP contribution < -0.4 is 11.0 Å². The molecule has 5 nitrogen and oxygen atoms in total. The molecule has 1 aliphatic carbocycles. The fraction of sp³-hybridized carbons (Fsp3) is 0.571. The molecular formula is C14H19N3O2. The van der Waals surface area contributed by atoms with Crippen molar-refractivity contribution >= 4 is 0 Å². The van der Waals surface area contributed by atoms with Gasteiger partial charge in [0.15, 0.2) is 0 Å². The van der Waals surface area contributed by atoms with Gasteiger partial charge < -0.3 is 10.5 Å². The van der Waals surface area contributed by atoms with E-state index < -0.39 is 6.10 Å². The molecule has 1 atom stereocenters. The van der Waals surface area contributed by atoms with Crippen molar-refractivity contribution in [1.29, 1.82) is 5.26 Å². The van der Waals surface area contributed by atoms with E-state index in [0.29, 0.717) is 24.9 Å². The highest BCUT2D eigenvalue weighted by molar-refractivity contribution is 5.43. The van der Waals surface area contributed by atoms with Gasteiger partial charge in [-0.1, -0.05) is 13.3 Å². The van der Waals surface area contributed by atoms with E-state index in [1.54, 1.807) is 6.20 Å². The lowest BCUT2D eigenvalue weighted by Gasteiger charge is -2.23. The van der Waals surface area contributed by atoms with Crippen LogP contribution in [-0.4, -0.2) is 16.3 Å². The second-order valence-corrected chi connectivity index (χ2v) is 4.89. The van der Waals surface area contributed by atoms with Gasteiger partial charge in [0.05, 0.1) is 6.10 Å². The van der Waals surface area contributed by atoms with Crippen LogP contribution >= 0.6 is 0 Å². The van der Waals surface area contributed by atoms with Crippen LogP contribution in [-0.2, 0) is 6.42 Å². The molecule has 1 unspecified atom stereocenters. The molecule has 0 amide bonds. The third kappa shape index (κ3) is 2.64. The molecule has 0 saturated carbocycles. The number of rotatable bonds is 4. The highest BCUT2D eigenvalue weighted by Crippen LogP contribution is 2.29. The largest absolute Gasteiger partial charge is 0.388 e. The van der Waals surface area contributed by atoms with Gasteiger partial charge in [0, 0.05) is 18.3 Å². The molecule has 1 aromatic heterocycles. The van der Waals surface area contributed by atoms with Crippen LogP contribution in [0.25, 0.3) is 0 Å². The number of pyridine rings is 1. The Kier molecular flexibility index (Phi) is 4.23. The fourth-order valence-electron chi connectivity index (χ4n) is 2.46. The Morgan fingerprint density at radius 2 is 2.42 bits per heavy atom. The van der Waals surface area contributed by atoms with Gasteiger partial charge in [-0.25, -0.2) is 4.68 Å². The third-order valence-corrected chi connectivity index (χ3v) is 3.54. The van der Waals surface area contributed by atoms with E-state index in [4.69, 9.17) is 0 Å². The second-order valence-electron chi connectivity index (χ2n) is 4.89. The number of aliphatic hydroxyl groups excluding tert-OH is 1. The molecule has 1 aromatic rings. The number of unbranched alkanes of at least 4 members (excludes halogenated alkanes) is 1. The minimum absolute atomic E-state index is 0.167. The van der Waals surface area contributed by atoms with Crippen molar-refractivity contribution in [3.8, 4) is 6.07 Å². The molecule has 0 bridgehead atoms. The first-order valence-electron chi connectivity index (χ1n) is 6.79. The van der Waals surface area contributed by atoms with E-state index >= 15 is 0 Å². The monoisotopic (exact) mass is 261 g/mol. The Morgan fingerprint density at radius 3 is 3.11 bits per heavy atom. The number of hydrogen-bond donors (Lipinski definition) is 2. The molecular weight excluding hydrogens is 242 g/mol. The molecule has 2 N–H and O–H groups in total. The zero-order chi connectivity index (χ0) is 13.8. The Balaban J connectivity index is 2.43. The van der Waals surface area contributed by atoms with Crippen LogP contribution in [0.15, 0.2) is 11.0 Å². The van der Waals surface area contributed by atoms with Gasteiger partial charge in [-0.15, -0.1) is 0 Å². The lowest BCUT2D eigenvalue weighted by Crippen LogP contribution is -2.34. The first-order valence-corrected chi connectivity index (χ1v) is 6.79. The van der Waals surface area contributed by atoms with Crippen LogP contribution in [0.3, 0.4) is 0 Å². The molecule has 0 radical (unpaired) electrons. The van der Waals surface area contributed by atoms with Crippen molar-refractivity contribution in [2.24, 2.45) is 0 Å². The quantitative estimate of drug-likeness (QED) is 0.804. The van der Waals surface area contributed by atoms with E-state index in [-0.39, 0.29) is 11.1 Å². The van der Waals surface area contributed by atoms with Gasteiger partial charge in [0.2, 0.25) is 0 Å². The first kappa shape index (κ1) is 13.6. The summed E-state index contributed by atoms with van der Waals surface area (Å²) in [6.07, 6.45) is 5.25. The molecule has 1 heterocycles. The lowest BCUT2D eigenvalue weighted by molar-refractivity contribution is 0.155. The van der Waals surface area contributed by atoms with Gasteiger partial charge in [0.25, 0.3) is 5.56 Å². The summed E-state index contributed by atoms with van der Waals surface area (Å²) in [6, 6.07) is 1.99. The van der Waals surface area contributed by atoms with Crippen LogP contribution in [0.2, 0.25) is 0 Å². The minimum atomic E-state index is -0.573. The fourth-order valence-corrected chi connectivity index (χ4v) is 2.46. The van der Waals surface area contributed by atoms with Crippen LogP contribution in [0, 0.1) is 11.3 Å². The molecule has 102 valence electrons. The van der Waals surface area contributed by atoms with Gasteiger partial charge in [-0.05, 0) is 31.2 Å². The zero-order valence-corrected chi connectivity index (χ0v) is 11.1. The molecule has 0 fully saturated rings. The van der Waals surface area contributed by atoms with Crippen molar-refractivity contribution in [1.82, 2.24) is 4.68 Å². The van der Waals surface area contributed by atoms with Gasteiger partial charge in [-0.2, -0.15) is 5.26 Å². The lowest BCUT2D eigenvalue weighted by atomic mass is 9.88. The van der Waals surface area contributed by atoms with Crippen LogP contribution in [0.5, 0.6) is 0 Å². The minimum Gasteiger partial charge on any atom is -0.388 e. The summed E-state index contributed by atoms with van der Waals surface area (Å²) in [5.41, 5.74) is 4.29. The highest BCUT2D eigenvalue weighted by Gasteiger charge is 2.24. The maximum atomic E-state index is 12.2. The van der Waals surface area contributed by atoms with Gasteiger partial charge >= 0.3 is 0 Å². The van der Waals surface area contributed by atoms with Crippen molar-refractivity contribution in [3.05, 3.63) is 33.2 Å². The topological polar surface area (TPSA) is 78.0 Å². The average molecular weight is 261 g/mol. The summed E-state index contributed by atoms with van der Waals surface area (Å²) < 4.78 is 1.35. The number of aliphatic hydroxyl groups is 1. The maximum absolute atomic E-state index is 12.2. The van der Waals surface area contributed by atoms with Gasteiger partial charge in [-0.3, -0.25) is 4.79 Å². The van der Waals surface area contributed by atoms with Crippen molar-refractivity contribution in [3.63, 3.8) is 0 Å². The predicted molar refractivity (Wildman–Crippen MR) is 72.5 cm³/mol. The van der Waals surface area contributed by atoms with E-state index in [1.807, 2.05) is 6.07 Å². The number of fused-ring (bicyclic) bond motifs is 1. The Hall–Kier alpha value is -1.80. The zero-order valence-electron chi connectivity index (χ0n) is 11.1. The van der Waals surface area contributed by atoms with Crippen LogP contribution in [0.4, 0.5) is 0 Å². The predicted octanol–water partition coefficient (Wildman–Crippen LogP) is 1.43. The summed E-state index contributed by atoms with van der Waals surface area (Å²) >= 11 is 0. The van der Waals surface area contributed by atoms with E-state index in [0.717, 1.165) is 24.8 Å². The van der Waals surface area contributed by atoms with Crippen molar-refractivity contribution in [2.45, 2.75) is 45.1 Å².